The largest absolute Gasteiger partial charge is 0.357 e. The van der Waals surface area contributed by atoms with Gasteiger partial charge in [0.2, 0.25) is 0 Å². The normalized spacial score (nSPS) is 20.0. The summed E-state index contributed by atoms with van der Waals surface area (Å²) < 4.78 is 2.35. The van der Waals surface area contributed by atoms with Crippen molar-refractivity contribution in [1.82, 2.24) is 25.4 Å². The van der Waals surface area contributed by atoms with Crippen LogP contribution in [0.1, 0.15) is 83.8 Å². The molecule has 2 aliphatic rings. The van der Waals surface area contributed by atoms with Crippen LogP contribution in [0.25, 0.3) is 0 Å². The lowest BCUT2D eigenvalue weighted by molar-refractivity contribution is 0.216. The molecule has 28 heavy (non-hydrogen) atoms. The zero-order chi connectivity index (χ0) is 19.1. The minimum atomic E-state index is 0. The molecule has 2 N–H and O–H groups in total. The number of halogens is 1. The van der Waals surface area contributed by atoms with E-state index in [1.807, 2.05) is 0 Å². The number of aliphatic imine (C=N–C) groups is 1. The van der Waals surface area contributed by atoms with Gasteiger partial charge in [-0.05, 0) is 57.3 Å². The van der Waals surface area contributed by atoms with Crippen LogP contribution in [0.4, 0.5) is 0 Å². The molecule has 6 nitrogen and oxygen atoms in total. The van der Waals surface area contributed by atoms with E-state index in [0.29, 0.717) is 11.5 Å². The maximum atomic E-state index is 4.81. The highest BCUT2D eigenvalue weighted by Crippen LogP contribution is 2.34. The van der Waals surface area contributed by atoms with Crippen LogP contribution in [-0.4, -0.2) is 39.9 Å². The van der Waals surface area contributed by atoms with Crippen molar-refractivity contribution in [2.45, 2.75) is 97.6 Å². The Labute approximate surface area is 187 Å². The third-order valence-corrected chi connectivity index (χ3v) is 6.04. The molecule has 1 fully saturated rings. The van der Waals surface area contributed by atoms with E-state index >= 15 is 0 Å². The minimum absolute atomic E-state index is 0. The lowest BCUT2D eigenvalue weighted by Crippen LogP contribution is -2.45. The number of nitrogens with zero attached hydrogens (tertiary/aromatic N) is 4. The number of nitrogens with one attached hydrogen (secondary N) is 2. The Morgan fingerprint density at radius 3 is 2.71 bits per heavy atom. The van der Waals surface area contributed by atoms with Crippen molar-refractivity contribution < 1.29 is 0 Å². The molecular formula is C21H39IN6. The van der Waals surface area contributed by atoms with Gasteiger partial charge in [0.25, 0.3) is 0 Å². The van der Waals surface area contributed by atoms with Gasteiger partial charge in [0.1, 0.15) is 11.6 Å². The molecule has 0 aromatic carbocycles. The summed E-state index contributed by atoms with van der Waals surface area (Å²) in [5.74, 6) is 3.30. The first-order valence-electron chi connectivity index (χ1n) is 11.0. The Kier molecular flexibility index (Phi) is 9.50. The number of hydrogen-bond donors (Lipinski definition) is 2. The zero-order valence-electron chi connectivity index (χ0n) is 18.0. The van der Waals surface area contributed by atoms with Gasteiger partial charge in [-0.3, -0.25) is 4.99 Å². The predicted octanol–water partition coefficient (Wildman–Crippen LogP) is 4.08. The van der Waals surface area contributed by atoms with Gasteiger partial charge in [0, 0.05) is 38.5 Å². The summed E-state index contributed by atoms with van der Waals surface area (Å²) in [7, 11) is 0. The number of guanidine groups is 1. The molecular weight excluding hydrogens is 463 g/mol. The van der Waals surface area contributed by atoms with Gasteiger partial charge in [-0.2, -0.15) is 0 Å². The Morgan fingerprint density at radius 1 is 1.18 bits per heavy atom. The molecule has 0 spiro atoms. The summed E-state index contributed by atoms with van der Waals surface area (Å²) in [5, 5.41) is 15.9. The zero-order valence-corrected chi connectivity index (χ0v) is 20.3. The highest BCUT2D eigenvalue weighted by molar-refractivity contribution is 14.0. The van der Waals surface area contributed by atoms with Crippen LogP contribution in [0.3, 0.4) is 0 Å². The Hall–Kier alpha value is -0.860. The molecule has 0 radical (unpaired) electrons. The maximum Gasteiger partial charge on any atom is 0.191 e. The third kappa shape index (κ3) is 6.88. The van der Waals surface area contributed by atoms with Crippen LogP contribution in [0, 0.1) is 5.41 Å². The lowest BCUT2D eigenvalue weighted by atomic mass is 9.75. The van der Waals surface area contributed by atoms with Crippen molar-refractivity contribution >= 4 is 29.9 Å². The Balaban J connectivity index is 0.00000280. The van der Waals surface area contributed by atoms with Gasteiger partial charge in [0.15, 0.2) is 5.96 Å². The molecule has 0 atom stereocenters. The maximum absolute atomic E-state index is 4.81. The highest BCUT2D eigenvalue weighted by Gasteiger charge is 2.27. The molecule has 0 bridgehead atoms. The van der Waals surface area contributed by atoms with Crippen LogP contribution in [0.2, 0.25) is 0 Å². The van der Waals surface area contributed by atoms with Gasteiger partial charge >= 0.3 is 0 Å². The van der Waals surface area contributed by atoms with Gasteiger partial charge in [-0.25, -0.2) is 0 Å². The van der Waals surface area contributed by atoms with E-state index in [0.717, 1.165) is 50.7 Å². The minimum Gasteiger partial charge on any atom is -0.357 e. The standard InChI is InChI=1S/C21H38N6.HI/c1-4-22-20(24-17-11-13-21(2,3)14-12-17)23-15-8-10-19-26-25-18-9-6-5-7-16-27(18)19;/h17H,4-16H2,1-3H3,(H2,22,23,24);1H. The molecule has 0 saturated heterocycles. The Bertz CT molecular complexity index is 614. The predicted molar refractivity (Wildman–Crippen MR) is 126 cm³/mol. The van der Waals surface area contributed by atoms with Crippen LogP contribution < -0.4 is 10.6 Å². The molecule has 1 aliphatic carbocycles. The van der Waals surface area contributed by atoms with Gasteiger partial charge in [-0.1, -0.05) is 20.3 Å². The first-order chi connectivity index (χ1) is 13.1. The smallest absolute Gasteiger partial charge is 0.191 e. The SMILES string of the molecule is CCNC(=NCCCc1nnc2n1CCCCC2)NC1CCC(C)(C)CC1.I. The van der Waals surface area contributed by atoms with E-state index in [1.54, 1.807) is 0 Å². The van der Waals surface area contributed by atoms with E-state index in [-0.39, 0.29) is 24.0 Å². The molecule has 2 heterocycles. The number of rotatable bonds is 6. The molecule has 1 aromatic heterocycles. The summed E-state index contributed by atoms with van der Waals surface area (Å²) in [4.78, 5) is 4.81. The van der Waals surface area contributed by atoms with E-state index in [4.69, 9.17) is 4.99 Å². The van der Waals surface area contributed by atoms with Crippen LogP contribution in [0.5, 0.6) is 0 Å². The van der Waals surface area contributed by atoms with Gasteiger partial charge in [0.05, 0.1) is 0 Å². The van der Waals surface area contributed by atoms with Crippen molar-refractivity contribution in [2.75, 3.05) is 13.1 Å². The number of hydrogen-bond acceptors (Lipinski definition) is 3. The average Bonchev–Trinajstić information content (AvgIpc) is 2.86. The molecule has 1 aliphatic heterocycles. The molecule has 160 valence electrons. The fraction of sp³-hybridized carbons (Fsp3) is 0.857. The van der Waals surface area contributed by atoms with E-state index in [9.17, 15) is 0 Å². The summed E-state index contributed by atoms with van der Waals surface area (Å²) in [6, 6.07) is 0.558. The topological polar surface area (TPSA) is 67.1 Å². The van der Waals surface area contributed by atoms with Crippen LogP contribution in [0.15, 0.2) is 4.99 Å². The average molecular weight is 502 g/mol. The molecule has 1 saturated carbocycles. The summed E-state index contributed by atoms with van der Waals surface area (Å²) in [6.45, 7) is 9.72. The van der Waals surface area contributed by atoms with Crippen LogP contribution in [-0.2, 0) is 19.4 Å². The third-order valence-electron chi connectivity index (χ3n) is 6.04. The number of aryl methyl sites for hydroxylation is 2. The summed E-state index contributed by atoms with van der Waals surface area (Å²) >= 11 is 0. The second kappa shape index (κ2) is 11.4. The molecule has 0 amide bonds. The second-order valence-electron chi connectivity index (χ2n) is 8.94. The van der Waals surface area contributed by atoms with Crippen LogP contribution >= 0.6 is 24.0 Å². The van der Waals surface area contributed by atoms with Crippen molar-refractivity contribution in [2.24, 2.45) is 10.4 Å². The summed E-state index contributed by atoms with van der Waals surface area (Å²) in [6.07, 6.45) is 11.9. The first kappa shape index (κ1) is 23.4. The van der Waals surface area contributed by atoms with Gasteiger partial charge < -0.3 is 15.2 Å². The first-order valence-corrected chi connectivity index (χ1v) is 11.0. The van der Waals surface area contributed by atoms with E-state index in [1.165, 1.54) is 50.8 Å². The van der Waals surface area contributed by atoms with Crippen molar-refractivity contribution in [1.29, 1.82) is 0 Å². The molecule has 3 rings (SSSR count). The monoisotopic (exact) mass is 502 g/mol. The number of fused-ring (bicyclic) bond motifs is 1. The van der Waals surface area contributed by atoms with Crippen molar-refractivity contribution in [3.8, 4) is 0 Å². The van der Waals surface area contributed by atoms with E-state index < -0.39 is 0 Å². The van der Waals surface area contributed by atoms with E-state index in [2.05, 4.69) is 46.2 Å². The lowest BCUT2D eigenvalue weighted by Gasteiger charge is -2.35. The summed E-state index contributed by atoms with van der Waals surface area (Å²) in [5.41, 5.74) is 0.504. The fourth-order valence-electron chi connectivity index (χ4n) is 4.22. The quantitative estimate of drug-likeness (QED) is 0.266. The number of aromatic nitrogens is 3. The Morgan fingerprint density at radius 2 is 1.96 bits per heavy atom. The van der Waals surface area contributed by atoms with Gasteiger partial charge in [-0.15, -0.1) is 34.2 Å². The second-order valence-corrected chi connectivity index (χ2v) is 8.94. The molecule has 7 heteroatoms. The molecule has 0 unspecified atom stereocenters. The highest BCUT2D eigenvalue weighted by atomic mass is 127. The fourth-order valence-corrected chi connectivity index (χ4v) is 4.22. The molecule has 1 aromatic rings. The van der Waals surface area contributed by atoms with Crippen molar-refractivity contribution in [3.63, 3.8) is 0 Å². The van der Waals surface area contributed by atoms with Crippen molar-refractivity contribution in [3.05, 3.63) is 11.6 Å².